The smallest absolute Gasteiger partial charge is 0.409 e. The summed E-state index contributed by atoms with van der Waals surface area (Å²) in [4.78, 5) is 10.9. The minimum Gasteiger partial charge on any atom is -0.410 e. The Labute approximate surface area is 130 Å². The van der Waals surface area contributed by atoms with Crippen LogP contribution < -0.4 is 10.5 Å². The van der Waals surface area contributed by atoms with E-state index in [0.29, 0.717) is 16.5 Å². The van der Waals surface area contributed by atoms with Gasteiger partial charge in [0, 0.05) is 16.3 Å². The molecule has 2 N–H and O–H groups in total. The van der Waals surface area contributed by atoms with Gasteiger partial charge >= 0.3 is 6.09 Å². The maximum absolute atomic E-state index is 13.5. The van der Waals surface area contributed by atoms with Crippen LogP contribution in [0.3, 0.4) is 0 Å². The molecule has 1 unspecified atom stereocenters. The third-order valence-electron chi connectivity index (χ3n) is 3.30. The van der Waals surface area contributed by atoms with E-state index in [-0.39, 0.29) is 11.1 Å². The molecule has 2 aromatic rings. The summed E-state index contributed by atoms with van der Waals surface area (Å²) in [6, 6.07) is 9.72. The molecule has 1 aliphatic rings. The minimum absolute atomic E-state index is 0.0837. The highest BCUT2D eigenvalue weighted by Gasteiger charge is 2.29. The van der Waals surface area contributed by atoms with E-state index >= 15 is 0 Å². The van der Waals surface area contributed by atoms with Crippen molar-refractivity contribution in [3.05, 3.63) is 63.9 Å². The van der Waals surface area contributed by atoms with E-state index in [4.69, 9.17) is 22.1 Å². The third kappa shape index (κ3) is 2.71. The average Bonchev–Trinajstić information content (AvgIpc) is 2.86. The zero-order valence-electron chi connectivity index (χ0n) is 10.8. The molecule has 0 aliphatic carbocycles. The number of carbonyl (C=O) groups excluding carboxylic acids is 1. The number of nitrogens with two attached hydrogens (primary N) is 1. The Bertz CT molecular complexity index is 723. The van der Waals surface area contributed by atoms with Crippen LogP contribution in [0.5, 0.6) is 5.75 Å². The van der Waals surface area contributed by atoms with E-state index < -0.39 is 6.09 Å². The lowest BCUT2D eigenvalue weighted by atomic mass is 9.99. The molecule has 108 valence electrons. The van der Waals surface area contributed by atoms with E-state index in [1.807, 2.05) is 6.07 Å². The fraction of sp³-hybridized carbons (Fsp3) is 0.133. The van der Waals surface area contributed by atoms with Crippen LogP contribution in [0, 0.1) is 5.82 Å². The van der Waals surface area contributed by atoms with Gasteiger partial charge in [-0.1, -0.05) is 23.7 Å². The van der Waals surface area contributed by atoms with E-state index in [1.165, 1.54) is 12.1 Å². The third-order valence-corrected chi connectivity index (χ3v) is 4.94. The van der Waals surface area contributed by atoms with Crippen molar-refractivity contribution >= 4 is 29.5 Å². The molecule has 21 heavy (non-hydrogen) atoms. The number of hydrogen-bond acceptors (Lipinski definition) is 3. The Balaban J connectivity index is 2.04. The second kappa shape index (κ2) is 5.58. The first-order valence-electron chi connectivity index (χ1n) is 6.22. The van der Waals surface area contributed by atoms with Crippen LogP contribution in [0.15, 0.2) is 36.4 Å². The van der Waals surface area contributed by atoms with Gasteiger partial charge in [-0.05, 0) is 35.4 Å². The molecular weight excluding hydrogens is 313 g/mol. The topological polar surface area (TPSA) is 52.3 Å². The van der Waals surface area contributed by atoms with Gasteiger partial charge in [0.15, 0.2) is 0 Å². The van der Waals surface area contributed by atoms with Crippen molar-refractivity contribution in [2.75, 3.05) is 0 Å². The number of carbonyl (C=O) groups is 1. The monoisotopic (exact) mass is 323 g/mol. The van der Waals surface area contributed by atoms with Gasteiger partial charge in [-0.2, -0.15) is 0 Å². The van der Waals surface area contributed by atoms with E-state index in [9.17, 15) is 9.18 Å². The number of ether oxygens (including phenoxy) is 1. The van der Waals surface area contributed by atoms with Crippen LogP contribution in [0.25, 0.3) is 0 Å². The van der Waals surface area contributed by atoms with Crippen molar-refractivity contribution in [2.24, 2.45) is 5.73 Å². The van der Waals surface area contributed by atoms with Gasteiger partial charge in [-0.15, -0.1) is 11.8 Å². The maximum Gasteiger partial charge on any atom is 0.409 e. The molecule has 0 bridgehead atoms. The lowest BCUT2D eigenvalue weighted by Gasteiger charge is -2.14. The number of halogens is 2. The first-order chi connectivity index (χ1) is 10.1. The van der Waals surface area contributed by atoms with Crippen molar-refractivity contribution in [3.8, 4) is 5.75 Å². The molecule has 3 rings (SSSR count). The predicted octanol–water partition coefficient (Wildman–Crippen LogP) is 4.27. The van der Waals surface area contributed by atoms with Gasteiger partial charge in [0.1, 0.15) is 11.6 Å². The van der Waals surface area contributed by atoms with Gasteiger partial charge in [-0.3, -0.25) is 0 Å². The second-order valence-corrected chi connectivity index (χ2v) is 6.10. The number of thioether (sulfide) groups is 1. The molecular formula is C15H11ClFNO2S. The molecule has 0 aromatic heterocycles. The summed E-state index contributed by atoms with van der Waals surface area (Å²) < 4.78 is 18.5. The molecule has 0 spiro atoms. The molecule has 1 aliphatic heterocycles. The Morgan fingerprint density at radius 1 is 1.33 bits per heavy atom. The molecule has 2 aromatic carbocycles. The van der Waals surface area contributed by atoms with Crippen molar-refractivity contribution in [2.45, 2.75) is 11.0 Å². The van der Waals surface area contributed by atoms with Crippen molar-refractivity contribution < 1.29 is 13.9 Å². The van der Waals surface area contributed by atoms with E-state index in [0.717, 1.165) is 16.7 Å². The van der Waals surface area contributed by atoms with Crippen LogP contribution in [0.4, 0.5) is 9.18 Å². The number of benzene rings is 2. The van der Waals surface area contributed by atoms with E-state index in [1.54, 1.807) is 30.0 Å². The molecule has 6 heteroatoms. The molecule has 3 nitrogen and oxygen atoms in total. The standard InChI is InChI=1S/C15H11ClFNO2S/c16-12-5-4-8(17)6-10(12)14-9-2-1-3-13(20-15(18)19)11(9)7-21-14/h1-6,14H,7H2,(H2,18,19). The second-order valence-electron chi connectivity index (χ2n) is 4.60. The Kier molecular flexibility index (Phi) is 3.78. The van der Waals surface area contributed by atoms with Crippen LogP contribution in [0.1, 0.15) is 21.9 Å². The molecule has 0 saturated heterocycles. The molecule has 0 radical (unpaired) electrons. The summed E-state index contributed by atoms with van der Waals surface area (Å²) in [7, 11) is 0. The summed E-state index contributed by atoms with van der Waals surface area (Å²) in [5.41, 5.74) is 7.65. The molecule has 1 amide bonds. The van der Waals surface area contributed by atoms with Gasteiger partial charge in [0.05, 0.1) is 5.25 Å². The number of fused-ring (bicyclic) bond motifs is 1. The van der Waals surface area contributed by atoms with E-state index in [2.05, 4.69) is 0 Å². The maximum atomic E-state index is 13.5. The SMILES string of the molecule is NC(=O)Oc1cccc2c1CSC2c1cc(F)ccc1Cl. The molecule has 1 atom stereocenters. The van der Waals surface area contributed by atoms with Crippen molar-refractivity contribution in [1.82, 2.24) is 0 Å². The summed E-state index contributed by atoms with van der Waals surface area (Å²) in [6.07, 6.45) is -0.847. The number of amides is 1. The molecule has 0 fully saturated rings. The quantitative estimate of drug-likeness (QED) is 0.897. The Hall–Kier alpha value is -1.72. The lowest BCUT2D eigenvalue weighted by molar-refractivity contribution is 0.210. The van der Waals surface area contributed by atoms with Crippen molar-refractivity contribution in [1.29, 1.82) is 0 Å². The molecule has 1 heterocycles. The van der Waals surface area contributed by atoms with Crippen LogP contribution in [-0.2, 0) is 5.75 Å². The zero-order chi connectivity index (χ0) is 15.0. The summed E-state index contributed by atoms with van der Waals surface area (Å²) in [5.74, 6) is 0.770. The van der Waals surface area contributed by atoms with Gasteiger partial charge < -0.3 is 10.5 Å². The van der Waals surface area contributed by atoms with Gasteiger partial charge in [-0.25, -0.2) is 9.18 Å². The highest BCUT2D eigenvalue weighted by molar-refractivity contribution is 7.99. The van der Waals surface area contributed by atoms with Gasteiger partial charge in [0.25, 0.3) is 0 Å². The van der Waals surface area contributed by atoms with Crippen LogP contribution >= 0.6 is 23.4 Å². The highest BCUT2D eigenvalue weighted by Crippen LogP contribution is 2.50. The number of rotatable bonds is 2. The summed E-state index contributed by atoms with van der Waals surface area (Å²) in [6.45, 7) is 0. The highest BCUT2D eigenvalue weighted by atomic mass is 35.5. The normalized spacial score (nSPS) is 16.6. The molecule has 0 saturated carbocycles. The first kappa shape index (κ1) is 14.2. The lowest BCUT2D eigenvalue weighted by Crippen LogP contribution is -2.17. The largest absolute Gasteiger partial charge is 0.410 e. The fourth-order valence-electron chi connectivity index (χ4n) is 2.42. The predicted molar refractivity (Wildman–Crippen MR) is 81.2 cm³/mol. The minimum atomic E-state index is -0.847. The Morgan fingerprint density at radius 2 is 2.14 bits per heavy atom. The number of primary amides is 1. The fourth-order valence-corrected chi connectivity index (χ4v) is 4.12. The van der Waals surface area contributed by atoms with Gasteiger partial charge in [0.2, 0.25) is 0 Å². The first-order valence-corrected chi connectivity index (χ1v) is 7.64. The average molecular weight is 324 g/mol. The Morgan fingerprint density at radius 3 is 2.90 bits per heavy atom. The van der Waals surface area contributed by atoms with Crippen LogP contribution in [-0.4, -0.2) is 6.09 Å². The van der Waals surface area contributed by atoms with Crippen LogP contribution in [0.2, 0.25) is 5.02 Å². The summed E-state index contributed by atoms with van der Waals surface area (Å²) in [5, 5.41) is 0.433. The zero-order valence-corrected chi connectivity index (χ0v) is 12.4. The van der Waals surface area contributed by atoms with Crippen molar-refractivity contribution in [3.63, 3.8) is 0 Å². The summed E-state index contributed by atoms with van der Waals surface area (Å²) >= 11 is 7.79. The number of hydrogen-bond donors (Lipinski definition) is 1.